The topological polar surface area (TPSA) is 102 Å². The first-order valence-electron chi connectivity index (χ1n) is 17.5. The predicted molar refractivity (Wildman–Crippen MR) is 189 cm³/mol. The molecule has 2 aliphatic heterocycles. The van der Waals surface area contributed by atoms with Gasteiger partial charge in [-0.2, -0.15) is 0 Å². The third kappa shape index (κ3) is 9.18. The highest BCUT2D eigenvalue weighted by Crippen LogP contribution is 2.45. The van der Waals surface area contributed by atoms with E-state index in [-0.39, 0.29) is 29.5 Å². The van der Waals surface area contributed by atoms with Crippen molar-refractivity contribution in [3.8, 4) is 11.5 Å². The smallest absolute Gasteiger partial charge is 0.413 e. The molecule has 276 valence electrons. The number of nitrogens with zero attached hydrogens (tertiary/aromatic N) is 1. The number of ether oxygens (including phenoxy) is 7. The number of benzene rings is 1. The van der Waals surface area contributed by atoms with Crippen LogP contribution in [-0.2, 0) is 28.5 Å². The second-order valence-electron chi connectivity index (χ2n) is 15.4. The Labute approximate surface area is 294 Å². The Kier molecular flexibility index (Phi) is 13.4. The van der Waals surface area contributed by atoms with Crippen molar-refractivity contribution in [2.45, 2.75) is 145 Å². The number of amides is 1. The van der Waals surface area contributed by atoms with E-state index in [1.807, 2.05) is 27.7 Å². The van der Waals surface area contributed by atoms with E-state index in [4.69, 9.17) is 33.2 Å². The van der Waals surface area contributed by atoms with E-state index in [9.17, 15) is 9.59 Å². The number of esters is 1. The lowest BCUT2D eigenvalue weighted by molar-refractivity contribution is -0.283. The zero-order valence-electron chi connectivity index (χ0n) is 32.2. The van der Waals surface area contributed by atoms with Crippen LogP contribution in [0.3, 0.4) is 0 Å². The van der Waals surface area contributed by atoms with Gasteiger partial charge < -0.3 is 33.2 Å². The van der Waals surface area contributed by atoms with Crippen LogP contribution < -0.4 is 9.47 Å². The monoisotopic (exact) mass is 687 g/mol. The average Bonchev–Trinajstić information content (AvgIpc) is 3.40. The molecule has 0 spiro atoms. The van der Waals surface area contributed by atoms with Gasteiger partial charge in [0, 0.05) is 23.0 Å². The highest BCUT2D eigenvalue weighted by Gasteiger charge is 2.52. The quantitative estimate of drug-likeness (QED) is 0.158. The van der Waals surface area contributed by atoms with Crippen LogP contribution in [0.2, 0.25) is 0 Å². The van der Waals surface area contributed by atoms with E-state index in [1.165, 1.54) is 12.0 Å². The molecule has 0 saturated carbocycles. The van der Waals surface area contributed by atoms with E-state index in [0.717, 1.165) is 17.6 Å². The third-order valence-electron chi connectivity index (χ3n) is 9.86. The van der Waals surface area contributed by atoms with Gasteiger partial charge in [-0.3, -0.25) is 4.90 Å². The van der Waals surface area contributed by atoms with Crippen molar-refractivity contribution in [2.24, 2.45) is 17.3 Å². The summed E-state index contributed by atoms with van der Waals surface area (Å²) in [6, 6.07) is 4.61. The first-order valence-corrected chi connectivity index (χ1v) is 17.5. The van der Waals surface area contributed by atoms with Crippen LogP contribution in [0.5, 0.6) is 11.5 Å². The molecule has 0 bridgehead atoms. The van der Waals surface area contributed by atoms with Crippen molar-refractivity contribution in [3.63, 3.8) is 0 Å². The van der Waals surface area contributed by atoms with Crippen LogP contribution in [0.1, 0.15) is 108 Å². The Bertz CT molecular complexity index is 1350. The summed E-state index contributed by atoms with van der Waals surface area (Å²) < 4.78 is 42.2. The summed E-state index contributed by atoms with van der Waals surface area (Å²) in [5.41, 5.74) is 1.52. The second kappa shape index (κ2) is 16.3. The molecule has 49 heavy (non-hydrogen) atoms. The van der Waals surface area contributed by atoms with Crippen molar-refractivity contribution in [1.29, 1.82) is 0 Å². The van der Waals surface area contributed by atoms with Crippen LogP contribution in [0, 0.1) is 17.3 Å². The summed E-state index contributed by atoms with van der Waals surface area (Å²) in [5, 5.41) is 0. The molecule has 3 rings (SSSR count). The lowest BCUT2D eigenvalue weighted by atomic mass is 9.71. The van der Waals surface area contributed by atoms with E-state index in [0.29, 0.717) is 23.5 Å². The molecule has 2 saturated heterocycles. The summed E-state index contributed by atoms with van der Waals surface area (Å²) in [7, 11) is 3.10. The van der Waals surface area contributed by atoms with E-state index in [2.05, 4.69) is 41.2 Å². The van der Waals surface area contributed by atoms with Gasteiger partial charge in [0.2, 0.25) is 0 Å². The number of carbonyl (C=O) groups is 2. The van der Waals surface area contributed by atoms with Gasteiger partial charge in [0.05, 0.1) is 32.5 Å². The molecule has 8 atom stereocenters. The van der Waals surface area contributed by atoms with E-state index in [1.54, 1.807) is 52.2 Å². The Hall–Kier alpha value is -3.08. The maximum Gasteiger partial charge on any atom is 0.413 e. The summed E-state index contributed by atoms with van der Waals surface area (Å²) in [5.74, 6) is 0.609. The summed E-state index contributed by atoms with van der Waals surface area (Å²) in [4.78, 5) is 29.6. The maximum absolute atomic E-state index is 14.1. The van der Waals surface area contributed by atoms with Gasteiger partial charge in [-0.05, 0) is 84.1 Å². The molecule has 0 N–H and O–H groups in total. The number of hydrogen-bond acceptors (Lipinski definition) is 9. The van der Waals surface area contributed by atoms with Crippen LogP contribution >= 0.6 is 0 Å². The molecule has 3 unspecified atom stereocenters. The molecule has 10 nitrogen and oxygen atoms in total. The normalized spacial score (nSPS) is 27.2. The molecular weight excluding hydrogens is 626 g/mol. The minimum atomic E-state index is -1.07. The van der Waals surface area contributed by atoms with Crippen molar-refractivity contribution in [2.75, 3.05) is 14.2 Å². The molecule has 10 heteroatoms. The molecule has 0 radical (unpaired) electrons. The molecule has 0 aromatic heterocycles. The summed E-state index contributed by atoms with van der Waals surface area (Å²) >= 11 is 0. The van der Waals surface area contributed by atoms with Crippen molar-refractivity contribution < 1.29 is 42.7 Å². The Balaban J connectivity index is 1.97. The molecule has 1 aromatic carbocycles. The largest absolute Gasteiger partial charge is 0.497 e. The first-order chi connectivity index (χ1) is 22.8. The van der Waals surface area contributed by atoms with Crippen LogP contribution in [0.15, 0.2) is 42.0 Å². The lowest BCUT2D eigenvalue weighted by Gasteiger charge is -2.49. The van der Waals surface area contributed by atoms with Gasteiger partial charge in [0.15, 0.2) is 18.6 Å². The zero-order chi connectivity index (χ0) is 37.0. The maximum atomic E-state index is 14.1. The van der Waals surface area contributed by atoms with Crippen molar-refractivity contribution >= 4 is 12.1 Å². The Morgan fingerprint density at radius 2 is 1.67 bits per heavy atom. The number of rotatable bonds is 12. The zero-order valence-corrected chi connectivity index (χ0v) is 32.2. The Morgan fingerprint density at radius 3 is 2.20 bits per heavy atom. The Morgan fingerprint density at radius 1 is 1.02 bits per heavy atom. The van der Waals surface area contributed by atoms with Gasteiger partial charge in [-0.15, -0.1) is 0 Å². The number of hydrogen-bond donors (Lipinski definition) is 0. The van der Waals surface area contributed by atoms with Gasteiger partial charge in [0.1, 0.15) is 23.2 Å². The minimum absolute atomic E-state index is 0.00236. The van der Waals surface area contributed by atoms with Gasteiger partial charge >= 0.3 is 12.1 Å². The second-order valence-corrected chi connectivity index (χ2v) is 15.4. The fourth-order valence-electron chi connectivity index (χ4n) is 6.94. The van der Waals surface area contributed by atoms with Crippen molar-refractivity contribution in [1.82, 2.24) is 4.90 Å². The highest BCUT2D eigenvalue weighted by atomic mass is 16.7. The summed E-state index contributed by atoms with van der Waals surface area (Å²) in [6.45, 7) is 27.9. The third-order valence-corrected chi connectivity index (χ3v) is 9.86. The molecule has 1 aromatic rings. The standard InChI is InChI=1S/C39H61NO9/c1-16-31-39(12,13)34(47-32(17-2)46-31)25(7)23(5)24(6)26(8)45-36(41)33-29(20-22(3)4)40(37(42)49-38(9,10)11)35(48-33)28-19-18-27(43-14)21-30(28)44-15/h17-19,21-22,25-26,29,31-35H,2,16,20H2,1,3-15H3/b24-23+/t25-,26-,29?,31-,32?,33+,34-,35?/m0/s1. The van der Waals surface area contributed by atoms with Gasteiger partial charge in [0.25, 0.3) is 0 Å². The molecule has 0 aliphatic carbocycles. The van der Waals surface area contributed by atoms with Gasteiger partial charge in [-0.1, -0.05) is 53.7 Å². The van der Waals surface area contributed by atoms with E-state index >= 15 is 0 Å². The number of methoxy groups -OCH3 is 2. The number of carbonyl (C=O) groups excluding carboxylic acids is 2. The van der Waals surface area contributed by atoms with Crippen LogP contribution in [-0.4, -0.2) is 73.5 Å². The predicted octanol–water partition coefficient (Wildman–Crippen LogP) is 8.39. The molecule has 2 aliphatic rings. The fourth-order valence-corrected chi connectivity index (χ4v) is 6.94. The van der Waals surface area contributed by atoms with Gasteiger partial charge in [-0.25, -0.2) is 9.59 Å². The molecule has 1 amide bonds. The molecular formula is C39H61NO9. The van der Waals surface area contributed by atoms with Crippen LogP contribution in [0.4, 0.5) is 4.79 Å². The minimum Gasteiger partial charge on any atom is -0.497 e. The fraction of sp³-hybridized carbons (Fsp3) is 0.692. The van der Waals surface area contributed by atoms with Crippen LogP contribution in [0.25, 0.3) is 0 Å². The van der Waals surface area contributed by atoms with E-state index < -0.39 is 48.4 Å². The summed E-state index contributed by atoms with van der Waals surface area (Å²) in [6.07, 6.45) is -0.815. The van der Waals surface area contributed by atoms with Crippen molar-refractivity contribution in [3.05, 3.63) is 47.6 Å². The lowest BCUT2D eigenvalue weighted by Crippen LogP contribution is -2.54. The molecule has 2 heterocycles. The highest BCUT2D eigenvalue weighted by molar-refractivity contribution is 5.79. The average molecular weight is 688 g/mol. The first kappa shape index (κ1) is 40.4. The SMILES string of the molecule is C=CC1O[C@@H](CC)C(C)(C)[C@H]([C@@H](C)/C(C)=C(\C)[C@H](C)OC(=O)[C@@H]2OC(c3ccc(OC)cc3OC)N(C(=O)OC(C)(C)C)C2CC(C)C)O1. The molecule has 2 fully saturated rings.